The summed E-state index contributed by atoms with van der Waals surface area (Å²) in [5.74, 6) is -2.76. The first-order chi connectivity index (χ1) is 18.0. The van der Waals surface area contributed by atoms with Crippen LogP contribution in [-0.2, 0) is 47.6 Å². The number of carbonyl (C=O) groups is 5. The molecule has 208 valence electrons. The third kappa shape index (κ3) is 7.89. The molecule has 1 amide bonds. The fourth-order valence-corrected chi connectivity index (χ4v) is 4.04. The summed E-state index contributed by atoms with van der Waals surface area (Å²) in [7, 11) is 0. The molecule has 0 spiro atoms. The molecule has 0 unspecified atom stereocenters. The van der Waals surface area contributed by atoms with Crippen LogP contribution in [0.5, 0.6) is 5.75 Å². The maximum atomic E-state index is 12.7. The van der Waals surface area contributed by atoms with Crippen molar-refractivity contribution in [3.63, 3.8) is 0 Å². The van der Waals surface area contributed by atoms with Gasteiger partial charge < -0.3 is 38.1 Å². The van der Waals surface area contributed by atoms with Crippen LogP contribution in [0.3, 0.4) is 0 Å². The second kappa shape index (κ2) is 13.2. The summed E-state index contributed by atoms with van der Waals surface area (Å²) < 4.78 is 38.3. The average molecular weight is 538 g/mol. The second-order valence-corrected chi connectivity index (χ2v) is 8.61. The van der Waals surface area contributed by atoms with E-state index in [0.717, 1.165) is 20.8 Å². The van der Waals surface area contributed by atoms with Crippen LogP contribution in [0.2, 0.25) is 0 Å². The van der Waals surface area contributed by atoms with Crippen LogP contribution in [0.1, 0.15) is 38.1 Å². The lowest BCUT2D eigenvalue weighted by atomic mass is 9.98. The number of ether oxygens (including phenoxy) is 7. The van der Waals surface area contributed by atoms with Gasteiger partial charge in [0.25, 0.3) is 5.91 Å². The van der Waals surface area contributed by atoms with Gasteiger partial charge in [-0.15, -0.1) is 0 Å². The molecule has 2 aliphatic heterocycles. The smallest absolute Gasteiger partial charge is 0.303 e. The third-order valence-corrected chi connectivity index (χ3v) is 5.60. The van der Waals surface area contributed by atoms with E-state index in [1.165, 1.54) is 19.1 Å². The topological polar surface area (TPSA) is 153 Å². The lowest BCUT2D eigenvalue weighted by molar-refractivity contribution is -0.288. The Morgan fingerprint density at radius 1 is 0.789 bits per heavy atom. The number of morpholine rings is 1. The molecule has 2 fully saturated rings. The molecule has 1 aromatic rings. The summed E-state index contributed by atoms with van der Waals surface area (Å²) in [6.07, 6.45) is -6.48. The Morgan fingerprint density at radius 2 is 1.34 bits per heavy atom. The minimum absolute atomic E-state index is 0.160. The first-order valence-electron chi connectivity index (χ1n) is 12.0. The van der Waals surface area contributed by atoms with E-state index in [2.05, 4.69) is 0 Å². The molecule has 0 saturated carbocycles. The van der Waals surface area contributed by atoms with Gasteiger partial charge in [0.2, 0.25) is 12.4 Å². The number of esters is 4. The standard InChI is InChI=1S/C25H31NO12/c1-14(27)33-13-20-21(34-15(2)28)22(35-16(3)29)23(36-17(4)30)25(38-20)37-19-7-5-18(6-8-19)24(31)26-9-11-32-12-10-26/h5-8,20-23,25H,9-13H2,1-4H3/t20-,21+,22+,23+,25-/m1/s1. The highest BCUT2D eigenvalue weighted by Gasteiger charge is 2.53. The molecule has 38 heavy (non-hydrogen) atoms. The van der Waals surface area contributed by atoms with Crippen LogP contribution in [0.4, 0.5) is 0 Å². The zero-order valence-electron chi connectivity index (χ0n) is 21.6. The van der Waals surface area contributed by atoms with Crippen molar-refractivity contribution in [1.29, 1.82) is 0 Å². The van der Waals surface area contributed by atoms with Crippen molar-refractivity contribution < 1.29 is 57.1 Å². The molecule has 0 aliphatic carbocycles. The highest BCUT2D eigenvalue weighted by Crippen LogP contribution is 2.31. The summed E-state index contributed by atoms with van der Waals surface area (Å²) in [5, 5.41) is 0. The van der Waals surface area contributed by atoms with Gasteiger partial charge in [0.1, 0.15) is 18.5 Å². The minimum Gasteiger partial charge on any atom is -0.463 e. The first-order valence-corrected chi connectivity index (χ1v) is 12.0. The summed E-state index contributed by atoms with van der Waals surface area (Å²) in [6.45, 7) is 6.13. The molecule has 3 rings (SSSR count). The highest BCUT2D eigenvalue weighted by molar-refractivity contribution is 5.94. The largest absolute Gasteiger partial charge is 0.463 e. The molecule has 0 N–H and O–H groups in total. The van der Waals surface area contributed by atoms with Crippen molar-refractivity contribution >= 4 is 29.8 Å². The van der Waals surface area contributed by atoms with Gasteiger partial charge in [-0.05, 0) is 24.3 Å². The molecule has 13 nitrogen and oxygen atoms in total. The number of carbonyl (C=O) groups excluding carboxylic acids is 5. The van der Waals surface area contributed by atoms with Crippen molar-refractivity contribution in [2.75, 3.05) is 32.9 Å². The number of rotatable bonds is 8. The molecule has 0 bridgehead atoms. The lowest BCUT2D eigenvalue weighted by Gasteiger charge is -2.43. The number of nitrogens with zero attached hydrogens (tertiary/aromatic N) is 1. The molecule has 2 saturated heterocycles. The van der Waals surface area contributed by atoms with E-state index in [9.17, 15) is 24.0 Å². The highest BCUT2D eigenvalue weighted by atomic mass is 16.7. The second-order valence-electron chi connectivity index (χ2n) is 8.61. The van der Waals surface area contributed by atoms with Crippen molar-refractivity contribution in [3.05, 3.63) is 29.8 Å². The number of hydrogen-bond donors (Lipinski definition) is 0. The van der Waals surface area contributed by atoms with E-state index in [4.69, 9.17) is 33.2 Å². The van der Waals surface area contributed by atoms with Gasteiger partial charge in [0.05, 0.1) is 13.2 Å². The molecule has 2 heterocycles. The van der Waals surface area contributed by atoms with E-state index in [0.29, 0.717) is 31.9 Å². The quantitative estimate of drug-likeness (QED) is 0.337. The average Bonchev–Trinajstić information content (AvgIpc) is 2.86. The van der Waals surface area contributed by atoms with Crippen LogP contribution in [0.25, 0.3) is 0 Å². The Kier molecular flexibility index (Phi) is 10.0. The Bertz CT molecular complexity index is 1020. The normalized spacial score (nSPS) is 25.1. The van der Waals surface area contributed by atoms with E-state index in [1.807, 2.05) is 0 Å². The summed E-state index contributed by atoms with van der Waals surface area (Å²) in [4.78, 5) is 61.6. The van der Waals surface area contributed by atoms with Gasteiger partial charge in [0.15, 0.2) is 12.2 Å². The number of amides is 1. The predicted molar refractivity (Wildman–Crippen MR) is 126 cm³/mol. The Balaban J connectivity index is 1.87. The van der Waals surface area contributed by atoms with Crippen LogP contribution < -0.4 is 4.74 Å². The number of benzene rings is 1. The van der Waals surface area contributed by atoms with Crippen LogP contribution in [0.15, 0.2) is 24.3 Å². The van der Waals surface area contributed by atoms with Gasteiger partial charge in [-0.2, -0.15) is 0 Å². The summed E-state index contributed by atoms with van der Waals surface area (Å²) in [5.41, 5.74) is 0.431. The maximum Gasteiger partial charge on any atom is 0.303 e. The lowest BCUT2D eigenvalue weighted by Crippen LogP contribution is -2.63. The summed E-state index contributed by atoms with van der Waals surface area (Å²) >= 11 is 0. The molecule has 0 aromatic heterocycles. The first kappa shape index (κ1) is 28.9. The Morgan fingerprint density at radius 3 is 1.89 bits per heavy atom. The van der Waals surface area contributed by atoms with E-state index < -0.39 is 54.6 Å². The fraction of sp³-hybridized carbons (Fsp3) is 0.560. The van der Waals surface area contributed by atoms with Gasteiger partial charge in [-0.25, -0.2) is 0 Å². The van der Waals surface area contributed by atoms with Gasteiger partial charge >= 0.3 is 23.9 Å². The van der Waals surface area contributed by atoms with Crippen molar-refractivity contribution in [2.24, 2.45) is 0 Å². The molecule has 5 atom stereocenters. The van der Waals surface area contributed by atoms with Crippen molar-refractivity contribution in [1.82, 2.24) is 4.90 Å². The van der Waals surface area contributed by atoms with E-state index >= 15 is 0 Å². The number of hydrogen-bond acceptors (Lipinski definition) is 12. The zero-order valence-corrected chi connectivity index (χ0v) is 21.6. The predicted octanol–water partition coefficient (Wildman–Crippen LogP) is 0.621. The van der Waals surface area contributed by atoms with Gasteiger partial charge in [-0.3, -0.25) is 24.0 Å². The minimum atomic E-state index is -1.36. The fourth-order valence-electron chi connectivity index (χ4n) is 4.04. The molecule has 2 aliphatic rings. The monoisotopic (exact) mass is 537 g/mol. The van der Waals surface area contributed by atoms with Gasteiger partial charge in [0, 0.05) is 46.3 Å². The summed E-state index contributed by atoms with van der Waals surface area (Å²) in [6, 6.07) is 6.20. The maximum absolute atomic E-state index is 12.7. The Hall–Kier alpha value is -3.71. The zero-order chi connectivity index (χ0) is 27.8. The molecule has 13 heteroatoms. The van der Waals surface area contributed by atoms with E-state index in [-0.39, 0.29) is 18.3 Å². The van der Waals surface area contributed by atoms with Crippen molar-refractivity contribution in [2.45, 2.75) is 58.4 Å². The van der Waals surface area contributed by atoms with E-state index in [1.54, 1.807) is 17.0 Å². The van der Waals surface area contributed by atoms with Crippen LogP contribution in [0, 0.1) is 0 Å². The molecule has 1 aromatic carbocycles. The van der Waals surface area contributed by atoms with Gasteiger partial charge in [-0.1, -0.05) is 0 Å². The third-order valence-electron chi connectivity index (χ3n) is 5.60. The Labute approximate surface area is 219 Å². The van der Waals surface area contributed by atoms with Crippen LogP contribution in [-0.4, -0.2) is 98.3 Å². The molecule has 0 radical (unpaired) electrons. The molecular formula is C25H31NO12. The molecular weight excluding hydrogens is 506 g/mol. The van der Waals surface area contributed by atoms with Crippen molar-refractivity contribution in [3.8, 4) is 5.75 Å². The van der Waals surface area contributed by atoms with Crippen LogP contribution >= 0.6 is 0 Å². The SMILES string of the molecule is CC(=O)OC[C@H]1O[C@@H](Oc2ccc(C(=O)N3CCOCC3)cc2)[C@@H](OC(C)=O)[C@@H](OC(C)=O)[C@H]1OC(C)=O.